The van der Waals surface area contributed by atoms with Gasteiger partial charge in [-0.05, 0) is 49.8 Å². The van der Waals surface area contributed by atoms with Crippen molar-refractivity contribution in [1.82, 2.24) is 4.98 Å². The Hall–Kier alpha value is -2.43. The minimum atomic E-state index is -1.29. The fraction of sp³-hybridized carbons (Fsp3) is 0.560. The minimum Gasteiger partial charge on any atom is -0.465 e. The lowest BCUT2D eigenvalue weighted by Gasteiger charge is -2.38. The van der Waals surface area contributed by atoms with Gasteiger partial charge in [0.2, 0.25) is 0 Å². The number of esters is 2. The summed E-state index contributed by atoms with van der Waals surface area (Å²) in [5.41, 5.74) is 1.78. The van der Waals surface area contributed by atoms with E-state index in [0.29, 0.717) is 12.8 Å². The summed E-state index contributed by atoms with van der Waals surface area (Å²) in [4.78, 5) is 31.0. The molecule has 162 valence electrons. The summed E-state index contributed by atoms with van der Waals surface area (Å²) in [7, 11) is 0. The highest BCUT2D eigenvalue weighted by Gasteiger charge is 2.53. The molecule has 5 nitrogen and oxygen atoms in total. The third kappa shape index (κ3) is 4.35. The van der Waals surface area contributed by atoms with Gasteiger partial charge in [0.1, 0.15) is 0 Å². The summed E-state index contributed by atoms with van der Waals surface area (Å²) in [6, 6.07) is 7.93. The highest BCUT2D eigenvalue weighted by atomic mass is 16.6. The summed E-state index contributed by atoms with van der Waals surface area (Å²) < 4.78 is 10.8. The van der Waals surface area contributed by atoms with Gasteiger partial charge in [-0.25, -0.2) is 0 Å². The van der Waals surface area contributed by atoms with Gasteiger partial charge >= 0.3 is 11.9 Å². The molecule has 30 heavy (non-hydrogen) atoms. The third-order valence-corrected chi connectivity index (χ3v) is 6.17. The summed E-state index contributed by atoms with van der Waals surface area (Å²) in [5, 5.41) is 1.01. The van der Waals surface area contributed by atoms with Crippen LogP contribution in [-0.4, -0.2) is 30.1 Å². The number of para-hydroxylation sites is 1. The number of hydrogen-bond acceptors (Lipinski definition) is 5. The SMILES string of the molecule is CCCCCCC1CC(C(=O)OCC)(C(=O)OCC)Cc2c1cnc1ccccc21. The molecule has 0 amide bonds. The van der Waals surface area contributed by atoms with E-state index in [1.807, 2.05) is 30.5 Å². The topological polar surface area (TPSA) is 65.5 Å². The Labute approximate surface area is 179 Å². The third-order valence-electron chi connectivity index (χ3n) is 6.17. The summed E-state index contributed by atoms with van der Waals surface area (Å²) in [5.74, 6) is -0.848. The molecular weight excluding hydrogens is 378 g/mol. The molecule has 3 rings (SSSR count). The second kappa shape index (κ2) is 10.1. The fourth-order valence-corrected chi connectivity index (χ4v) is 4.68. The van der Waals surface area contributed by atoms with E-state index in [1.54, 1.807) is 13.8 Å². The van der Waals surface area contributed by atoms with E-state index in [2.05, 4.69) is 11.9 Å². The van der Waals surface area contributed by atoms with Gasteiger partial charge in [-0.2, -0.15) is 0 Å². The Morgan fingerprint density at radius 1 is 1.03 bits per heavy atom. The van der Waals surface area contributed by atoms with E-state index >= 15 is 0 Å². The molecule has 0 bridgehead atoms. The molecule has 0 saturated heterocycles. The average molecular weight is 412 g/mol. The van der Waals surface area contributed by atoms with E-state index in [-0.39, 0.29) is 19.1 Å². The van der Waals surface area contributed by atoms with Gasteiger partial charge in [0.15, 0.2) is 5.41 Å². The van der Waals surface area contributed by atoms with Crippen LogP contribution in [0.25, 0.3) is 10.9 Å². The predicted octanol–water partition coefficient (Wildman–Crippen LogP) is 5.35. The van der Waals surface area contributed by atoms with E-state index in [4.69, 9.17) is 9.47 Å². The smallest absolute Gasteiger partial charge is 0.323 e. The van der Waals surface area contributed by atoms with Crippen LogP contribution in [0, 0.1) is 5.41 Å². The Morgan fingerprint density at radius 3 is 2.40 bits per heavy atom. The van der Waals surface area contributed by atoms with Gasteiger partial charge < -0.3 is 9.47 Å². The van der Waals surface area contributed by atoms with Crippen LogP contribution in [0.3, 0.4) is 0 Å². The summed E-state index contributed by atoms with van der Waals surface area (Å²) in [6.07, 6.45) is 8.16. The first-order chi connectivity index (χ1) is 14.6. The first-order valence-corrected chi connectivity index (χ1v) is 11.3. The van der Waals surface area contributed by atoms with E-state index in [9.17, 15) is 9.59 Å². The van der Waals surface area contributed by atoms with Crippen LogP contribution in [-0.2, 0) is 25.5 Å². The largest absolute Gasteiger partial charge is 0.465 e. The summed E-state index contributed by atoms with van der Waals surface area (Å²) in [6.45, 7) is 6.22. The first kappa shape index (κ1) is 22.3. The van der Waals surface area contributed by atoms with Crippen molar-refractivity contribution in [2.45, 2.75) is 71.6 Å². The number of nitrogens with zero attached hydrogens (tertiary/aromatic N) is 1. The van der Waals surface area contributed by atoms with Gasteiger partial charge in [0.05, 0.1) is 18.7 Å². The van der Waals surface area contributed by atoms with Gasteiger partial charge in [0, 0.05) is 18.0 Å². The maximum atomic E-state index is 13.2. The number of unbranched alkanes of at least 4 members (excludes halogenated alkanes) is 3. The molecule has 1 atom stereocenters. The van der Waals surface area contributed by atoms with Crippen molar-refractivity contribution in [2.75, 3.05) is 13.2 Å². The van der Waals surface area contributed by atoms with Crippen LogP contribution < -0.4 is 0 Å². The van der Waals surface area contributed by atoms with Gasteiger partial charge in [-0.15, -0.1) is 0 Å². The van der Waals surface area contributed by atoms with Crippen molar-refractivity contribution in [1.29, 1.82) is 0 Å². The van der Waals surface area contributed by atoms with E-state index < -0.39 is 17.4 Å². The van der Waals surface area contributed by atoms with Gasteiger partial charge in [0.25, 0.3) is 0 Å². The second-order valence-electron chi connectivity index (χ2n) is 8.16. The quantitative estimate of drug-likeness (QED) is 0.316. The zero-order valence-corrected chi connectivity index (χ0v) is 18.4. The molecular formula is C25H33NO4. The van der Waals surface area contributed by atoms with Crippen LogP contribution >= 0.6 is 0 Å². The number of aromatic nitrogens is 1. The molecule has 1 aliphatic rings. The van der Waals surface area contributed by atoms with Gasteiger partial charge in [-0.1, -0.05) is 50.8 Å². The van der Waals surface area contributed by atoms with Crippen LogP contribution in [0.2, 0.25) is 0 Å². The van der Waals surface area contributed by atoms with Crippen LogP contribution in [0.5, 0.6) is 0 Å². The number of fused-ring (bicyclic) bond motifs is 3. The molecule has 0 radical (unpaired) electrons. The molecule has 0 aliphatic heterocycles. The Morgan fingerprint density at radius 2 is 1.73 bits per heavy atom. The zero-order valence-electron chi connectivity index (χ0n) is 18.4. The highest BCUT2D eigenvalue weighted by Crippen LogP contribution is 2.47. The molecule has 1 aromatic heterocycles. The van der Waals surface area contributed by atoms with Gasteiger partial charge in [-0.3, -0.25) is 14.6 Å². The molecule has 1 aliphatic carbocycles. The van der Waals surface area contributed by atoms with Crippen molar-refractivity contribution < 1.29 is 19.1 Å². The number of carbonyl (C=O) groups excluding carboxylic acids is 2. The Bertz CT molecular complexity index is 874. The number of benzene rings is 1. The zero-order chi connectivity index (χ0) is 21.6. The standard InChI is InChI=1S/C25H33NO4/c1-4-7-8-9-12-18-15-25(23(27)29-5-2,24(28)30-6-3)16-20-19-13-10-11-14-22(19)26-17-21(18)20/h10-11,13-14,17-18H,4-9,12,15-16H2,1-3H3. The monoisotopic (exact) mass is 411 g/mol. The molecule has 5 heteroatoms. The Kier molecular flexibility index (Phi) is 7.46. The number of carbonyl (C=O) groups is 2. The number of pyridine rings is 1. The minimum absolute atomic E-state index is 0.0801. The van der Waals surface area contributed by atoms with E-state index in [1.165, 1.54) is 12.8 Å². The fourth-order valence-electron chi connectivity index (χ4n) is 4.68. The number of rotatable bonds is 9. The normalized spacial score (nSPS) is 17.4. The summed E-state index contributed by atoms with van der Waals surface area (Å²) >= 11 is 0. The molecule has 0 N–H and O–H groups in total. The highest BCUT2D eigenvalue weighted by molar-refractivity contribution is 6.01. The molecule has 0 saturated carbocycles. The van der Waals surface area contributed by atoms with Crippen molar-refractivity contribution in [3.05, 3.63) is 41.6 Å². The predicted molar refractivity (Wildman–Crippen MR) is 117 cm³/mol. The second-order valence-corrected chi connectivity index (χ2v) is 8.16. The maximum Gasteiger partial charge on any atom is 0.323 e. The van der Waals surface area contributed by atoms with Crippen molar-refractivity contribution in [2.24, 2.45) is 5.41 Å². The number of ether oxygens (including phenoxy) is 2. The molecule has 0 fully saturated rings. The van der Waals surface area contributed by atoms with E-state index in [0.717, 1.165) is 41.3 Å². The lowest BCUT2D eigenvalue weighted by Crippen LogP contribution is -2.47. The van der Waals surface area contributed by atoms with Crippen molar-refractivity contribution >= 4 is 22.8 Å². The maximum absolute atomic E-state index is 13.2. The van der Waals surface area contributed by atoms with Crippen LogP contribution in [0.15, 0.2) is 30.5 Å². The lowest BCUT2D eigenvalue weighted by atomic mass is 9.65. The molecule has 0 spiro atoms. The molecule has 1 aromatic carbocycles. The van der Waals surface area contributed by atoms with Crippen LogP contribution in [0.4, 0.5) is 0 Å². The molecule has 2 aromatic rings. The molecule has 1 unspecified atom stereocenters. The lowest BCUT2D eigenvalue weighted by molar-refractivity contribution is -0.173. The average Bonchev–Trinajstić information content (AvgIpc) is 2.76. The first-order valence-electron chi connectivity index (χ1n) is 11.3. The van der Waals surface area contributed by atoms with Crippen LogP contribution in [0.1, 0.15) is 76.3 Å². The Balaban J connectivity index is 2.09. The van der Waals surface area contributed by atoms with Crippen molar-refractivity contribution in [3.63, 3.8) is 0 Å². The van der Waals surface area contributed by atoms with Crippen molar-refractivity contribution in [3.8, 4) is 0 Å². The number of hydrogen-bond donors (Lipinski definition) is 0. The molecule has 1 heterocycles.